The van der Waals surface area contributed by atoms with Crippen LogP contribution in [0.5, 0.6) is 0 Å². The van der Waals surface area contributed by atoms with Crippen LogP contribution in [0.1, 0.15) is 23.9 Å². The lowest BCUT2D eigenvalue weighted by Crippen LogP contribution is -2.39. The summed E-state index contributed by atoms with van der Waals surface area (Å²) in [6.07, 6.45) is 0. The zero-order chi connectivity index (χ0) is 21.6. The summed E-state index contributed by atoms with van der Waals surface area (Å²) < 4.78 is 11.1. The Balaban J connectivity index is 1.99. The number of fused-ring (bicyclic) bond motifs is 3. The maximum Gasteiger partial charge on any atom is 0.332 e. The van der Waals surface area contributed by atoms with E-state index in [2.05, 4.69) is 4.98 Å². The monoisotopic (exact) mass is 409 g/mol. The van der Waals surface area contributed by atoms with Crippen LogP contribution in [0.25, 0.3) is 16.9 Å². The first kappa shape index (κ1) is 19.7. The van der Waals surface area contributed by atoms with Crippen molar-refractivity contribution >= 4 is 22.9 Å². The van der Waals surface area contributed by atoms with Gasteiger partial charge < -0.3 is 9.30 Å². The third kappa shape index (κ3) is 2.94. The number of carbonyl (C=O) groups is 1. The predicted molar refractivity (Wildman–Crippen MR) is 112 cm³/mol. The van der Waals surface area contributed by atoms with Gasteiger partial charge in [-0.3, -0.25) is 23.1 Å². The second kappa shape index (κ2) is 7.33. The third-order valence-corrected chi connectivity index (χ3v) is 5.41. The number of ether oxygens (including phenoxy) is 1. The first-order valence-corrected chi connectivity index (χ1v) is 9.72. The summed E-state index contributed by atoms with van der Waals surface area (Å²) in [5.41, 5.74) is 2.17. The number of hydrogen-bond acceptors (Lipinski definition) is 5. The Bertz CT molecular complexity index is 1390. The topological polar surface area (TPSA) is 92.5 Å². The summed E-state index contributed by atoms with van der Waals surface area (Å²) >= 11 is 0. The molecule has 1 aromatic carbocycles. The molecule has 0 aliphatic heterocycles. The van der Waals surface area contributed by atoms with Crippen LogP contribution >= 0.6 is 0 Å². The molecule has 0 unspecified atom stereocenters. The van der Waals surface area contributed by atoms with Crippen molar-refractivity contribution in [1.82, 2.24) is 23.1 Å². The average molecular weight is 409 g/mol. The van der Waals surface area contributed by atoms with Crippen molar-refractivity contribution in [3.05, 3.63) is 68.1 Å². The van der Waals surface area contributed by atoms with Crippen molar-refractivity contribution in [2.24, 2.45) is 7.05 Å². The Morgan fingerprint density at radius 2 is 1.77 bits per heavy atom. The highest BCUT2D eigenvalue weighted by Gasteiger charge is 2.23. The van der Waals surface area contributed by atoms with E-state index in [1.54, 1.807) is 22.9 Å². The second-order valence-electron chi connectivity index (χ2n) is 7.20. The number of hydrogen-bond donors (Lipinski definition) is 0. The lowest BCUT2D eigenvalue weighted by molar-refractivity contribution is -0.143. The standard InChI is InChI=1S/C21H23N5O4/c1-5-30-16(27)12-24-13(2)14(3)26-17-18(22-20(24)26)23(4)21(29)25(19(17)28)11-15-9-7-6-8-10-15/h6-10H,5,11-12H2,1-4H3. The molecular formula is C21H23N5O4. The molecule has 0 atom stereocenters. The molecular weight excluding hydrogens is 386 g/mol. The van der Waals surface area contributed by atoms with E-state index in [9.17, 15) is 14.4 Å². The summed E-state index contributed by atoms with van der Waals surface area (Å²) in [6.45, 7) is 5.89. The molecule has 0 aliphatic carbocycles. The molecule has 9 heteroatoms. The number of aryl methyl sites for hydroxylation is 2. The van der Waals surface area contributed by atoms with Crippen LogP contribution in [0.2, 0.25) is 0 Å². The molecule has 156 valence electrons. The minimum Gasteiger partial charge on any atom is -0.465 e. The molecule has 0 N–H and O–H groups in total. The molecule has 30 heavy (non-hydrogen) atoms. The van der Waals surface area contributed by atoms with E-state index in [4.69, 9.17) is 4.74 Å². The molecule has 4 rings (SSSR count). The Morgan fingerprint density at radius 1 is 1.07 bits per heavy atom. The van der Waals surface area contributed by atoms with Gasteiger partial charge in [0.1, 0.15) is 6.54 Å². The zero-order valence-corrected chi connectivity index (χ0v) is 17.4. The van der Waals surface area contributed by atoms with Crippen LogP contribution in [0, 0.1) is 13.8 Å². The van der Waals surface area contributed by atoms with E-state index >= 15 is 0 Å². The molecule has 0 spiro atoms. The largest absolute Gasteiger partial charge is 0.465 e. The van der Waals surface area contributed by atoms with Gasteiger partial charge >= 0.3 is 11.7 Å². The summed E-state index contributed by atoms with van der Waals surface area (Å²) in [5, 5.41) is 0. The van der Waals surface area contributed by atoms with Crippen molar-refractivity contribution in [2.45, 2.75) is 33.9 Å². The number of rotatable bonds is 5. The highest BCUT2D eigenvalue weighted by molar-refractivity contribution is 5.77. The fourth-order valence-electron chi connectivity index (χ4n) is 3.75. The molecule has 3 heterocycles. The van der Waals surface area contributed by atoms with E-state index in [0.29, 0.717) is 11.3 Å². The van der Waals surface area contributed by atoms with Crippen LogP contribution in [0.3, 0.4) is 0 Å². The second-order valence-corrected chi connectivity index (χ2v) is 7.20. The van der Waals surface area contributed by atoms with Gasteiger partial charge in [0.25, 0.3) is 5.56 Å². The zero-order valence-electron chi connectivity index (χ0n) is 17.4. The van der Waals surface area contributed by atoms with E-state index in [0.717, 1.165) is 17.0 Å². The van der Waals surface area contributed by atoms with Gasteiger partial charge in [0.05, 0.1) is 13.2 Å². The summed E-state index contributed by atoms with van der Waals surface area (Å²) in [5.74, 6) is 0.0400. The van der Waals surface area contributed by atoms with Gasteiger partial charge in [-0.25, -0.2) is 4.79 Å². The van der Waals surface area contributed by atoms with Gasteiger partial charge in [0, 0.05) is 18.4 Å². The highest BCUT2D eigenvalue weighted by atomic mass is 16.5. The molecule has 4 aromatic rings. The Labute approximate surface area is 171 Å². The molecule has 9 nitrogen and oxygen atoms in total. The SMILES string of the molecule is CCOC(=O)Cn1c(C)c(C)n2c3c(=O)n(Cc4ccccc4)c(=O)n(C)c3nc12. The van der Waals surface area contributed by atoms with Crippen molar-refractivity contribution in [3.63, 3.8) is 0 Å². The van der Waals surface area contributed by atoms with Gasteiger partial charge in [-0.05, 0) is 26.3 Å². The summed E-state index contributed by atoms with van der Waals surface area (Å²) in [6, 6.07) is 9.35. The number of nitrogens with zero attached hydrogens (tertiary/aromatic N) is 5. The highest BCUT2D eigenvalue weighted by Crippen LogP contribution is 2.20. The van der Waals surface area contributed by atoms with Crippen molar-refractivity contribution in [1.29, 1.82) is 0 Å². The lowest BCUT2D eigenvalue weighted by atomic mass is 10.2. The van der Waals surface area contributed by atoms with Gasteiger partial charge in [-0.15, -0.1) is 0 Å². The predicted octanol–water partition coefficient (Wildman–Crippen LogP) is 1.38. The molecule has 0 aliphatic rings. The van der Waals surface area contributed by atoms with Crippen molar-refractivity contribution in [3.8, 4) is 0 Å². The fourth-order valence-corrected chi connectivity index (χ4v) is 3.75. The quantitative estimate of drug-likeness (QED) is 0.464. The maximum atomic E-state index is 13.4. The smallest absolute Gasteiger partial charge is 0.332 e. The normalized spacial score (nSPS) is 11.5. The molecule has 0 fully saturated rings. The van der Waals surface area contributed by atoms with Crippen LogP contribution in [-0.2, 0) is 29.7 Å². The summed E-state index contributed by atoms with van der Waals surface area (Å²) in [7, 11) is 1.59. The van der Waals surface area contributed by atoms with Crippen LogP contribution in [-0.4, -0.2) is 35.7 Å². The average Bonchev–Trinajstić information content (AvgIpc) is 3.23. The van der Waals surface area contributed by atoms with Crippen LogP contribution < -0.4 is 11.2 Å². The summed E-state index contributed by atoms with van der Waals surface area (Å²) in [4.78, 5) is 42.9. The Kier molecular flexibility index (Phi) is 4.81. The number of carbonyl (C=O) groups excluding carboxylic acids is 1. The fraction of sp³-hybridized carbons (Fsp3) is 0.333. The molecule has 0 saturated heterocycles. The maximum absolute atomic E-state index is 13.4. The van der Waals surface area contributed by atoms with Gasteiger partial charge in [-0.1, -0.05) is 30.3 Å². The first-order chi connectivity index (χ1) is 14.3. The van der Waals surface area contributed by atoms with Crippen LogP contribution in [0.4, 0.5) is 0 Å². The number of esters is 1. The van der Waals surface area contributed by atoms with Gasteiger partial charge in [0.15, 0.2) is 11.2 Å². The van der Waals surface area contributed by atoms with E-state index in [1.807, 2.05) is 44.2 Å². The van der Waals surface area contributed by atoms with Gasteiger partial charge in [-0.2, -0.15) is 4.98 Å². The Hall–Kier alpha value is -3.62. The molecule has 0 amide bonds. The van der Waals surface area contributed by atoms with E-state index in [-0.39, 0.29) is 31.3 Å². The van der Waals surface area contributed by atoms with Crippen molar-refractivity contribution < 1.29 is 9.53 Å². The van der Waals surface area contributed by atoms with Gasteiger partial charge in [0.2, 0.25) is 5.78 Å². The Morgan fingerprint density at radius 3 is 2.43 bits per heavy atom. The lowest BCUT2D eigenvalue weighted by Gasteiger charge is -2.08. The minimum absolute atomic E-state index is 0.0213. The molecule has 0 bridgehead atoms. The van der Waals surface area contributed by atoms with E-state index < -0.39 is 11.2 Å². The van der Waals surface area contributed by atoms with Crippen molar-refractivity contribution in [2.75, 3.05) is 6.61 Å². The third-order valence-electron chi connectivity index (χ3n) is 5.41. The minimum atomic E-state index is -0.441. The molecule has 0 saturated carbocycles. The molecule has 3 aromatic heterocycles. The van der Waals surface area contributed by atoms with E-state index in [1.165, 1.54) is 9.13 Å². The number of imidazole rings is 2. The number of aromatic nitrogens is 5. The van der Waals surface area contributed by atoms with Crippen LogP contribution in [0.15, 0.2) is 39.9 Å². The molecule has 0 radical (unpaired) electrons. The first-order valence-electron chi connectivity index (χ1n) is 9.72. The number of benzene rings is 1.